The topological polar surface area (TPSA) is 62.0 Å². The van der Waals surface area contributed by atoms with E-state index in [2.05, 4.69) is 10.3 Å². The number of aromatic amines is 1. The number of benzene rings is 2. The third kappa shape index (κ3) is 3.23. The zero-order valence-corrected chi connectivity index (χ0v) is 13.2. The normalized spacial score (nSPS) is 11.5. The fourth-order valence-corrected chi connectivity index (χ4v) is 2.64. The largest absolute Gasteiger partial charge is 0.418 e. The molecular formula is C17H10ClF3N2O2. The van der Waals surface area contributed by atoms with Gasteiger partial charge in [-0.1, -0.05) is 29.8 Å². The van der Waals surface area contributed by atoms with Gasteiger partial charge in [-0.25, -0.2) is 0 Å². The second-order valence-corrected chi connectivity index (χ2v) is 5.60. The van der Waals surface area contributed by atoms with E-state index in [4.69, 9.17) is 11.6 Å². The number of para-hydroxylation sites is 2. The predicted molar refractivity (Wildman–Crippen MR) is 89.0 cm³/mol. The average molecular weight is 367 g/mol. The lowest BCUT2D eigenvalue weighted by Crippen LogP contribution is -2.23. The molecule has 0 saturated carbocycles. The molecule has 0 fully saturated rings. The molecule has 4 nitrogen and oxygen atoms in total. The number of H-pyrrole nitrogens is 1. The highest BCUT2D eigenvalue weighted by Gasteiger charge is 2.33. The van der Waals surface area contributed by atoms with Crippen LogP contribution in [0.15, 0.2) is 53.5 Å². The van der Waals surface area contributed by atoms with E-state index >= 15 is 0 Å². The second kappa shape index (κ2) is 6.25. The zero-order chi connectivity index (χ0) is 18.2. The van der Waals surface area contributed by atoms with E-state index in [-0.39, 0.29) is 10.9 Å². The van der Waals surface area contributed by atoms with Gasteiger partial charge in [0.15, 0.2) is 0 Å². The Morgan fingerprint density at radius 1 is 1.08 bits per heavy atom. The van der Waals surface area contributed by atoms with Crippen LogP contribution in [0.5, 0.6) is 0 Å². The van der Waals surface area contributed by atoms with Gasteiger partial charge in [0.25, 0.3) is 5.91 Å². The Labute approximate surface area is 144 Å². The third-order valence-corrected chi connectivity index (χ3v) is 3.90. The molecule has 3 rings (SSSR count). The number of fused-ring (bicyclic) bond motifs is 1. The summed E-state index contributed by atoms with van der Waals surface area (Å²) in [7, 11) is 0. The van der Waals surface area contributed by atoms with Crippen LogP contribution in [-0.4, -0.2) is 10.9 Å². The lowest BCUT2D eigenvalue weighted by Gasteiger charge is -2.13. The Morgan fingerprint density at radius 3 is 2.52 bits per heavy atom. The van der Waals surface area contributed by atoms with E-state index in [1.807, 2.05) is 0 Å². The molecule has 1 aromatic heterocycles. The summed E-state index contributed by atoms with van der Waals surface area (Å²) in [6.45, 7) is 0. The van der Waals surface area contributed by atoms with Crippen molar-refractivity contribution in [3.8, 4) is 0 Å². The van der Waals surface area contributed by atoms with E-state index in [0.717, 1.165) is 18.3 Å². The van der Waals surface area contributed by atoms with Gasteiger partial charge in [-0.3, -0.25) is 9.59 Å². The van der Waals surface area contributed by atoms with Gasteiger partial charge < -0.3 is 10.3 Å². The number of carbonyl (C=O) groups is 1. The lowest BCUT2D eigenvalue weighted by atomic mass is 10.1. The number of hydrogen-bond acceptors (Lipinski definition) is 2. The van der Waals surface area contributed by atoms with Crippen LogP contribution in [-0.2, 0) is 6.18 Å². The molecule has 25 heavy (non-hydrogen) atoms. The van der Waals surface area contributed by atoms with Gasteiger partial charge in [-0.05, 0) is 24.3 Å². The smallest absolute Gasteiger partial charge is 0.359 e. The molecule has 0 saturated heterocycles. The molecule has 2 N–H and O–H groups in total. The van der Waals surface area contributed by atoms with Crippen LogP contribution in [0.3, 0.4) is 0 Å². The van der Waals surface area contributed by atoms with Crippen molar-refractivity contribution in [2.75, 3.05) is 5.32 Å². The summed E-state index contributed by atoms with van der Waals surface area (Å²) in [6.07, 6.45) is -3.50. The summed E-state index contributed by atoms with van der Waals surface area (Å²) in [5.74, 6) is -0.945. The number of rotatable bonds is 2. The number of alkyl halides is 3. The van der Waals surface area contributed by atoms with Crippen molar-refractivity contribution in [1.29, 1.82) is 0 Å². The molecule has 0 aliphatic carbocycles. The first-order valence-electron chi connectivity index (χ1n) is 7.06. The molecule has 1 amide bonds. The predicted octanol–water partition coefficient (Wildman–Crippen LogP) is 4.45. The number of carbonyl (C=O) groups excluding carboxylic acids is 1. The minimum Gasteiger partial charge on any atom is -0.359 e. The maximum Gasteiger partial charge on any atom is 0.418 e. The van der Waals surface area contributed by atoms with Gasteiger partial charge in [-0.2, -0.15) is 13.2 Å². The van der Waals surface area contributed by atoms with Gasteiger partial charge >= 0.3 is 6.18 Å². The van der Waals surface area contributed by atoms with Crippen molar-refractivity contribution < 1.29 is 18.0 Å². The van der Waals surface area contributed by atoms with Crippen LogP contribution >= 0.6 is 11.6 Å². The fraction of sp³-hybridized carbons (Fsp3) is 0.0588. The van der Waals surface area contributed by atoms with Crippen LogP contribution in [0.2, 0.25) is 5.02 Å². The quantitative estimate of drug-likeness (QED) is 0.703. The Morgan fingerprint density at radius 2 is 1.80 bits per heavy atom. The highest BCUT2D eigenvalue weighted by molar-refractivity contribution is 6.35. The number of pyridine rings is 1. The summed E-state index contributed by atoms with van der Waals surface area (Å²) >= 11 is 5.97. The molecule has 0 radical (unpaired) electrons. The van der Waals surface area contributed by atoms with Crippen molar-refractivity contribution in [3.63, 3.8) is 0 Å². The van der Waals surface area contributed by atoms with E-state index in [1.54, 1.807) is 12.1 Å². The minimum absolute atomic E-state index is 0.171. The van der Waals surface area contributed by atoms with Crippen LogP contribution < -0.4 is 10.7 Å². The molecule has 2 aromatic carbocycles. The summed E-state index contributed by atoms with van der Waals surface area (Å²) in [6, 6.07) is 9.12. The van der Waals surface area contributed by atoms with Crippen molar-refractivity contribution in [2.45, 2.75) is 6.18 Å². The Bertz CT molecular complexity index is 1030. The van der Waals surface area contributed by atoms with Crippen molar-refractivity contribution in [3.05, 3.63) is 75.0 Å². The SMILES string of the molecule is O=C(Nc1ccccc1C(F)(F)F)c1c[nH]c2c(Cl)cccc2c1=O. The van der Waals surface area contributed by atoms with E-state index < -0.39 is 28.8 Å². The van der Waals surface area contributed by atoms with Crippen molar-refractivity contribution >= 4 is 34.1 Å². The lowest BCUT2D eigenvalue weighted by molar-refractivity contribution is -0.136. The van der Waals surface area contributed by atoms with Crippen molar-refractivity contribution in [2.24, 2.45) is 0 Å². The summed E-state index contributed by atoms with van der Waals surface area (Å²) in [5.41, 5.74) is -2.01. The van der Waals surface area contributed by atoms with Crippen LogP contribution in [0.4, 0.5) is 18.9 Å². The molecule has 0 atom stereocenters. The molecular weight excluding hydrogens is 357 g/mol. The van der Waals surface area contributed by atoms with Crippen LogP contribution in [0, 0.1) is 0 Å². The molecule has 0 spiro atoms. The van der Waals surface area contributed by atoms with Gasteiger partial charge in [0.05, 0.1) is 21.8 Å². The molecule has 0 aliphatic rings. The third-order valence-electron chi connectivity index (χ3n) is 3.59. The molecule has 1 heterocycles. The number of hydrogen-bond donors (Lipinski definition) is 2. The summed E-state index contributed by atoms with van der Waals surface area (Å²) < 4.78 is 39.0. The standard InChI is InChI=1S/C17H10ClF3N2O2/c18-12-6-3-4-9-14(12)22-8-10(15(9)24)16(25)23-13-7-2-1-5-11(13)17(19,20)21/h1-8H,(H,22,24)(H,23,25). The molecule has 0 bridgehead atoms. The first-order valence-corrected chi connectivity index (χ1v) is 7.44. The van der Waals surface area contributed by atoms with Gasteiger partial charge in [0, 0.05) is 11.6 Å². The Kier molecular flexibility index (Phi) is 4.26. The first-order chi connectivity index (χ1) is 11.8. The number of amides is 1. The maximum atomic E-state index is 13.0. The Balaban J connectivity index is 2.03. The molecule has 8 heteroatoms. The number of nitrogens with one attached hydrogen (secondary N) is 2. The monoisotopic (exact) mass is 366 g/mol. The van der Waals surface area contributed by atoms with E-state index in [0.29, 0.717) is 10.5 Å². The highest BCUT2D eigenvalue weighted by Crippen LogP contribution is 2.34. The Hall–Kier alpha value is -2.80. The van der Waals surface area contributed by atoms with Crippen LogP contribution in [0.25, 0.3) is 10.9 Å². The van der Waals surface area contributed by atoms with Gasteiger partial charge in [-0.15, -0.1) is 0 Å². The maximum absolute atomic E-state index is 13.0. The summed E-state index contributed by atoms with van der Waals surface area (Å²) in [5, 5.41) is 2.61. The highest BCUT2D eigenvalue weighted by atomic mass is 35.5. The number of anilines is 1. The van der Waals surface area contributed by atoms with Gasteiger partial charge in [0.2, 0.25) is 5.43 Å². The molecule has 128 valence electrons. The fourth-order valence-electron chi connectivity index (χ4n) is 2.41. The summed E-state index contributed by atoms with van der Waals surface area (Å²) in [4.78, 5) is 27.5. The zero-order valence-electron chi connectivity index (χ0n) is 12.4. The second-order valence-electron chi connectivity index (χ2n) is 5.19. The number of halogens is 4. The van der Waals surface area contributed by atoms with Gasteiger partial charge in [0.1, 0.15) is 5.56 Å². The molecule has 0 unspecified atom stereocenters. The van der Waals surface area contributed by atoms with Crippen LogP contribution in [0.1, 0.15) is 15.9 Å². The van der Waals surface area contributed by atoms with E-state index in [9.17, 15) is 22.8 Å². The average Bonchev–Trinajstić information content (AvgIpc) is 2.55. The minimum atomic E-state index is -4.63. The molecule has 0 aliphatic heterocycles. The van der Waals surface area contributed by atoms with Crippen molar-refractivity contribution in [1.82, 2.24) is 4.98 Å². The number of aromatic nitrogens is 1. The van der Waals surface area contributed by atoms with E-state index in [1.165, 1.54) is 18.2 Å². The first kappa shape index (κ1) is 17.0. The molecule has 3 aromatic rings.